The first kappa shape index (κ1) is 18.4. The summed E-state index contributed by atoms with van der Waals surface area (Å²) >= 11 is 6.23. The van der Waals surface area contributed by atoms with Gasteiger partial charge in [0.15, 0.2) is 0 Å². The molecule has 2 unspecified atom stereocenters. The van der Waals surface area contributed by atoms with Gasteiger partial charge in [0, 0.05) is 35.3 Å². The third kappa shape index (κ3) is 4.15. The van der Waals surface area contributed by atoms with E-state index in [0.29, 0.717) is 16.7 Å². The molecule has 1 aromatic heterocycles. The van der Waals surface area contributed by atoms with E-state index in [2.05, 4.69) is 10.3 Å². The number of carbonyl (C=O) groups excluding carboxylic acids is 1. The van der Waals surface area contributed by atoms with Crippen LogP contribution in [-0.4, -0.2) is 10.9 Å². The number of hydrogen-bond donors (Lipinski definition) is 1. The summed E-state index contributed by atoms with van der Waals surface area (Å²) in [5.41, 5.74) is 1.73. The van der Waals surface area contributed by atoms with Crippen LogP contribution in [0.1, 0.15) is 23.5 Å². The van der Waals surface area contributed by atoms with Crippen LogP contribution in [0.15, 0.2) is 66.9 Å². The number of pyridine rings is 1. The van der Waals surface area contributed by atoms with E-state index in [1.54, 1.807) is 24.4 Å². The summed E-state index contributed by atoms with van der Waals surface area (Å²) in [4.78, 5) is 16.7. The minimum atomic E-state index is -0.386. The maximum absolute atomic E-state index is 13.4. The molecule has 4 rings (SSSR count). The van der Waals surface area contributed by atoms with Crippen LogP contribution in [0.4, 0.5) is 4.39 Å². The Morgan fingerprint density at radius 2 is 2.04 bits per heavy atom. The molecular weight excluding hydrogens is 379 g/mol. The first-order chi connectivity index (χ1) is 13.6. The number of nitrogens with zero attached hydrogens (tertiary/aromatic N) is 1. The van der Waals surface area contributed by atoms with Crippen molar-refractivity contribution in [2.75, 3.05) is 0 Å². The molecule has 1 aliphatic carbocycles. The molecule has 0 aliphatic heterocycles. The highest BCUT2D eigenvalue weighted by atomic mass is 35.5. The van der Waals surface area contributed by atoms with Gasteiger partial charge in [0.2, 0.25) is 11.8 Å². The van der Waals surface area contributed by atoms with Crippen LogP contribution in [-0.2, 0) is 11.3 Å². The van der Waals surface area contributed by atoms with Crippen LogP contribution in [0.3, 0.4) is 0 Å². The monoisotopic (exact) mass is 396 g/mol. The van der Waals surface area contributed by atoms with Crippen molar-refractivity contribution in [1.82, 2.24) is 10.3 Å². The molecule has 6 heteroatoms. The largest absolute Gasteiger partial charge is 0.439 e. The van der Waals surface area contributed by atoms with E-state index in [9.17, 15) is 9.18 Å². The average Bonchev–Trinajstić information content (AvgIpc) is 3.48. The van der Waals surface area contributed by atoms with Crippen molar-refractivity contribution in [3.05, 3.63) is 88.8 Å². The van der Waals surface area contributed by atoms with Crippen LogP contribution in [0.5, 0.6) is 11.6 Å². The van der Waals surface area contributed by atoms with Crippen molar-refractivity contribution in [2.45, 2.75) is 18.9 Å². The summed E-state index contributed by atoms with van der Waals surface area (Å²) in [5, 5.41) is 3.64. The molecular formula is C22H18ClFN2O2. The molecule has 3 aromatic rings. The molecule has 0 bridgehead atoms. The highest BCUT2D eigenvalue weighted by Gasteiger charge is 2.44. The van der Waals surface area contributed by atoms with Gasteiger partial charge in [0.05, 0.1) is 0 Å². The zero-order valence-corrected chi connectivity index (χ0v) is 15.7. The van der Waals surface area contributed by atoms with Gasteiger partial charge in [-0.05, 0) is 42.2 Å². The van der Waals surface area contributed by atoms with Gasteiger partial charge in [-0.25, -0.2) is 9.37 Å². The van der Waals surface area contributed by atoms with Gasteiger partial charge in [-0.15, -0.1) is 0 Å². The summed E-state index contributed by atoms with van der Waals surface area (Å²) in [7, 11) is 0. The molecule has 0 saturated heterocycles. The van der Waals surface area contributed by atoms with Crippen molar-refractivity contribution in [3.8, 4) is 11.6 Å². The number of amides is 1. The quantitative estimate of drug-likeness (QED) is 0.631. The third-order valence-electron chi connectivity index (χ3n) is 4.75. The fourth-order valence-electron chi connectivity index (χ4n) is 3.21. The van der Waals surface area contributed by atoms with Crippen LogP contribution >= 0.6 is 11.6 Å². The minimum Gasteiger partial charge on any atom is -0.439 e. The van der Waals surface area contributed by atoms with E-state index < -0.39 is 0 Å². The van der Waals surface area contributed by atoms with E-state index in [4.69, 9.17) is 16.3 Å². The van der Waals surface area contributed by atoms with E-state index in [-0.39, 0.29) is 30.1 Å². The molecule has 28 heavy (non-hydrogen) atoms. The van der Waals surface area contributed by atoms with Gasteiger partial charge >= 0.3 is 0 Å². The number of aromatic nitrogens is 1. The Balaban J connectivity index is 1.39. The minimum absolute atomic E-state index is 0.0227. The predicted octanol–water partition coefficient (Wildman–Crippen LogP) is 5.09. The first-order valence-corrected chi connectivity index (χ1v) is 9.39. The second kappa shape index (κ2) is 7.98. The van der Waals surface area contributed by atoms with Crippen LogP contribution in [0.2, 0.25) is 5.02 Å². The van der Waals surface area contributed by atoms with Crippen molar-refractivity contribution in [3.63, 3.8) is 0 Å². The summed E-state index contributed by atoms with van der Waals surface area (Å²) < 4.78 is 19.0. The van der Waals surface area contributed by atoms with Gasteiger partial charge in [-0.1, -0.05) is 41.9 Å². The fourth-order valence-corrected chi connectivity index (χ4v) is 3.49. The van der Waals surface area contributed by atoms with Gasteiger partial charge in [-0.2, -0.15) is 0 Å². The zero-order valence-electron chi connectivity index (χ0n) is 14.9. The number of hydrogen-bond acceptors (Lipinski definition) is 3. The Morgan fingerprint density at radius 3 is 2.86 bits per heavy atom. The normalized spacial score (nSPS) is 17.8. The molecule has 1 heterocycles. The molecule has 142 valence electrons. The van der Waals surface area contributed by atoms with Crippen molar-refractivity contribution in [1.29, 1.82) is 0 Å². The number of carbonyl (C=O) groups is 1. The Kier molecular flexibility index (Phi) is 5.26. The molecule has 1 amide bonds. The van der Waals surface area contributed by atoms with E-state index in [1.165, 1.54) is 12.1 Å². The lowest BCUT2D eigenvalue weighted by Gasteiger charge is -2.11. The van der Waals surface area contributed by atoms with Crippen LogP contribution in [0, 0.1) is 11.7 Å². The standard InChI is InChI=1S/C22H18ClFN2O2/c23-20-9-2-1-8-17(20)18-12-19(18)21(27)26-13-14-5-4-10-25-22(14)28-16-7-3-6-15(24)11-16/h1-11,18-19H,12-13H2,(H,26,27). The lowest BCUT2D eigenvalue weighted by Crippen LogP contribution is -2.25. The second-order valence-corrected chi connectivity index (χ2v) is 7.12. The highest BCUT2D eigenvalue weighted by molar-refractivity contribution is 6.31. The molecule has 0 radical (unpaired) electrons. The molecule has 2 atom stereocenters. The molecule has 2 aromatic carbocycles. The van der Waals surface area contributed by atoms with Crippen LogP contribution in [0.25, 0.3) is 0 Å². The lowest BCUT2D eigenvalue weighted by atomic mass is 10.1. The fraction of sp³-hybridized carbons (Fsp3) is 0.182. The number of ether oxygens (including phenoxy) is 1. The average molecular weight is 397 g/mol. The smallest absolute Gasteiger partial charge is 0.224 e. The van der Waals surface area contributed by atoms with Gasteiger partial charge in [0.1, 0.15) is 11.6 Å². The van der Waals surface area contributed by atoms with Crippen molar-refractivity contribution >= 4 is 17.5 Å². The number of rotatable bonds is 6. The maximum atomic E-state index is 13.4. The SMILES string of the molecule is O=C(NCc1cccnc1Oc1cccc(F)c1)C1CC1c1ccccc1Cl. The van der Waals surface area contributed by atoms with E-state index in [0.717, 1.165) is 17.5 Å². The Labute approximate surface area is 167 Å². The summed E-state index contributed by atoms with van der Waals surface area (Å²) in [6.45, 7) is 0.281. The molecule has 1 fully saturated rings. The molecule has 1 N–H and O–H groups in total. The Morgan fingerprint density at radius 1 is 1.18 bits per heavy atom. The number of benzene rings is 2. The zero-order chi connectivity index (χ0) is 19.5. The predicted molar refractivity (Wildman–Crippen MR) is 105 cm³/mol. The van der Waals surface area contributed by atoms with Gasteiger partial charge < -0.3 is 10.1 Å². The Hall–Kier alpha value is -2.92. The first-order valence-electron chi connectivity index (χ1n) is 9.01. The van der Waals surface area contributed by atoms with E-state index >= 15 is 0 Å². The molecule has 0 spiro atoms. The Bertz CT molecular complexity index is 1010. The second-order valence-electron chi connectivity index (χ2n) is 6.72. The third-order valence-corrected chi connectivity index (χ3v) is 5.09. The van der Waals surface area contributed by atoms with Crippen molar-refractivity contribution in [2.24, 2.45) is 5.92 Å². The summed E-state index contributed by atoms with van der Waals surface area (Å²) in [6, 6.07) is 17.1. The maximum Gasteiger partial charge on any atom is 0.224 e. The van der Waals surface area contributed by atoms with Gasteiger partial charge in [-0.3, -0.25) is 4.79 Å². The highest BCUT2D eigenvalue weighted by Crippen LogP contribution is 2.49. The summed E-state index contributed by atoms with van der Waals surface area (Å²) in [6.07, 6.45) is 2.38. The lowest BCUT2D eigenvalue weighted by molar-refractivity contribution is -0.122. The van der Waals surface area contributed by atoms with Crippen molar-refractivity contribution < 1.29 is 13.9 Å². The number of nitrogens with one attached hydrogen (secondary N) is 1. The number of halogens is 2. The molecule has 4 nitrogen and oxygen atoms in total. The molecule has 1 aliphatic rings. The molecule has 1 saturated carbocycles. The topological polar surface area (TPSA) is 51.2 Å². The van der Waals surface area contributed by atoms with E-state index in [1.807, 2.05) is 30.3 Å². The summed E-state index contributed by atoms with van der Waals surface area (Å²) in [5.74, 6) is 0.363. The van der Waals surface area contributed by atoms with Gasteiger partial charge in [0.25, 0.3) is 0 Å². The van der Waals surface area contributed by atoms with Crippen LogP contribution < -0.4 is 10.1 Å².